The smallest absolute Gasteiger partial charge is 0.326 e. The van der Waals surface area contributed by atoms with E-state index in [0.717, 1.165) is 0 Å². The molecule has 18 heavy (non-hydrogen) atoms. The molecule has 0 bridgehead atoms. The molecule has 0 fully saturated rings. The number of carboxylic acids is 2. The number of carbonyl (C=O) groups excluding carboxylic acids is 2. The van der Waals surface area contributed by atoms with Crippen LogP contribution in [0.3, 0.4) is 0 Å². The Bertz CT molecular complexity index is 317. The molecule has 0 aliphatic heterocycles. The average molecular weight is 263 g/mol. The summed E-state index contributed by atoms with van der Waals surface area (Å²) in [5, 5.41) is 18.6. The zero-order valence-electron chi connectivity index (χ0n) is 9.88. The van der Waals surface area contributed by atoms with Crippen molar-refractivity contribution in [2.24, 2.45) is 11.5 Å². The molecule has 0 aromatic rings. The van der Waals surface area contributed by atoms with Crippen molar-refractivity contribution in [3.8, 4) is 0 Å². The molecule has 0 spiro atoms. The van der Waals surface area contributed by atoms with E-state index in [9.17, 15) is 19.2 Å². The second kappa shape index (κ2) is 9.87. The van der Waals surface area contributed by atoms with Crippen LogP contribution in [0.25, 0.3) is 0 Å². The van der Waals surface area contributed by atoms with Crippen LogP contribution in [0.2, 0.25) is 0 Å². The van der Waals surface area contributed by atoms with Crippen LogP contribution in [-0.4, -0.2) is 40.1 Å². The second-order valence-electron chi connectivity index (χ2n) is 3.15. The van der Waals surface area contributed by atoms with Crippen molar-refractivity contribution in [3.05, 3.63) is 0 Å². The zero-order chi connectivity index (χ0) is 14.7. The Balaban J connectivity index is 0. The highest BCUT2D eigenvalue weighted by Crippen LogP contribution is 1.97. The highest BCUT2D eigenvalue weighted by molar-refractivity contribution is 5.82. The van der Waals surface area contributed by atoms with Crippen LogP contribution >= 0.6 is 0 Å². The molecular weight excluding hydrogens is 246 g/mol. The van der Waals surface area contributed by atoms with Gasteiger partial charge < -0.3 is 27.0 Å². The monoisotopic (exact) mass is 263 g/mol. The third kappa shape index (κ3) is 13.7. The van der Waals surface area contributed by atoms with Gasteiger partial charge in [-0.25, -0.2) is 9.59 Å². The lowest BCUT2D eigenvalue weighted by molar-refractivity contribution is -0.140. The van der Waals surface area contributed by atoms with Gasteiger partial charge in [-0.2, -0.15) is 0 Å². The Morgan fingerprint density at radius 1 is 1.17 bits per heavy atom. The molecule has 0 aliphatic carbocycles. The number of aliphatic carboxylic acids is 2. The third-order valence-electron chi connectivity index (χ3n) is 1.61. The minimum atomic E-state index is -1.31. The highest BCUT2D eigenvalue weighted by Gasteiger charge is 2.19. The Hall–Kier alpha value is -2.32. The fraction of sp³-hybridized carbons (Fsp3) is 0.556. The molecular formula is C9H17N3O6. The first-order valence-electron chi connectivity index (χ1n) is 4.99. The van der Waals surface area contributed by atoms with Crippen LogP contribution in [0, 0.1) is 0 Å². The number of urea groups is 1. The summed E-state index contributed by atoms with van der Waals surface area (Å²) in [6.07, 6.45) is -0.0785. The summed E-state index contributed by atoms with van der Waals surface area (Å²) in [4.78, 5) is 40.3. The Morgan fingerprint density at radius 3 is 1.83 bits per heavy atom. The molecule has 104 valence electrons. The molecule has 9 heteroatoms. The van der Waals surface area contributed by atoms with Gasteiger partial charge in [-0.1, -0.05) is 6.92 Å². The quantitative estimate of drug-likeness (QED) is 0.404. The maximum Gasteiger partial charge on any atom is 0.326 e. The van der Waals surface area contributed by atoms with Gasteiger partial charge in [-0.15, -0.1) is 0 Å². The van der Waals surface area contributed by atoms with E-state index in [4.69, 9.17) is 10.2 Å². The van der Waals surface area contributed by atoms with Crippen LogP contribution in [0.5, 0.6) is 0 Å². The van der Waals surface area contributed by atoms with E-state index in [0.29, 0.717) is 6.42 Å². The number of carboxylic acid groups (broad SMARTS) is 2. The van der Waals surface area contributed by atoms with E-state index in [2.05, 4.69) is 11.5 Å². The Labute approximate surface area is 103 Å². The van der Waals surface area contributed by atoms with Gasteiger partial charge in [0.25, 0.3) is 0 Å². The molecule has 0 aromatic carbocycles. The maximum absolute atomic E-state index is 10.4. The van der Waals surface area contributed by atoms with Gasteiger partial charge in [0.1, 0.15) is 6.04 Å². The van der Waals surface area contributed by atoms with E-state index < -0.39 is 24.0 Å². The molecule has 0 saturated heterocycles. The lowest BCUT2D eigenvalue weighted by atomic mass is 10.1. The summed E-state index contributed by atoms with van der Waals surface area (Å²) < 4.78 is 0. The maximum atomic E-state index is 10.4. The molecule has 3 amide bonds. The van der Waals surface area contributed by atoms with Crippen molar-refractivity contribution >= 4 is 23.9 Å². The van der Waals surface area contributed by atoms with Gasteiger partial charge in [0.2, 0.25) is 5.91 Å². The van der Waals surface area contributed by atoms with Crippen LogP contribution in [0.4, 0.5) is 4.79 Å². The highest BCUT2D eigenvalue weighted by atomic mass is 16.4. The van der Waals surface area contributed by atoms with E-state index in [1.165, 1.54) is 0 Å². The molecule has 1 unspecified atom stereocenters. The van der Waals surface area contributed by atoms with Gasteiger partial charge in [-0.3, -0.25) is 9.59 Å². The van der Waals surface area contributed by atoms with Crippen LogP contribution in [0.15, 0.2) is 0 Å². The summed E-state index contributed by atoms with van der Waals surface area (Å²) in [6, 6.07) is -2.23. The van der Waals surface area contributed by atoms with Gasteiger partial charge in [-0.05, 0) is 6.42 Å². The SMILES string of the molecule is CCC(N)=O.NC(=O)NC(CCC(=O)O)C(=O)O. The number of carbonyl (C=O) groups is 4. The lowest BCUT2D eigenvalue weighted by Gasteiger charge is -2.10. The minimum absolute atomic E-state index is 0.187. The number of amides is 3. The van der Waals surface area contributed by atoms with Crippen molar-refractivity contribution in [2.75, 3.05) is 0 Å². The van der Waals surface area contributed by atoms with Gasteiger partial charge in [0.15, 0.2) is 0 Å². The Morgan fingerprint density at radius 2 is 1.61 bits per heavy atom. The molecule has 0 rings (SSSR count). The van der Waals surface area contributed by atoms with Crippen LogP contribution in [-0.2, 0) is 14.4 Å². The predicted octanol–water partition coefficient (Wildman–Crippen LogP) is -1.15. The molecule has 0 aromatic heterocycles. The fourth-order valence-electron chi connectivity index (χ4n) is 0.697. The standard InChI is InChI=1S/C6H10N2O5.C3H7NO/c7-6(13)8-3(5(11)12)1-2-4(9)10;1-2-3(4)5/h3H,1-2H2,(H,9,10)(H,11,12)(H3,7,8,13);2H2,1H3,(H2,4,5). The molecule has 0 heterocycles. The minimum Gasteiger partial charge on any atom is -0.481 e. The number of nitrogens with one attached hydrogen (secondary N) is 1. The van der Waals surface area contributed by atoms with Crippen LogP contribution in [0.1, 0.15) is 26.2 Å². The van der Waals surface area contributed by atoms with Crippen molar-refractivity contribution < 1.29 is 29.4 Å². The fourth-order valence-corrected chi connectivity index (χ4v) is 0.697. The summed E-state index contributed by atoms with van der Waals surface area (Å²) in [5.41, 5.74) is 9.33. The third-order valence-corrected chi connectivity index (χ3v) is 1.61. The first-order valence-corrected chi connectivity index (χ1v) is 4.99. The molecule has 1 atom stereocenters. The largest absolute Gasteiger partial charge is 0.481 e. The van der Waals surface area contributed by atoms with E-state index in [1.54, 1.807) is 6.92 Å². The first kappa shape index (κ1) is 18.1. The molecule has 0 radical (unpaired) electrons. The molecule has 7 N–H and O–H groups in total. The molecule has 9 nitrogen and oxygen atoms in total. The van der Waals surface area contributed by atoms with E-state index >= 15 is 0 Å². The first-order chi connectivity index (χ1) is 8.20. The zero-order valence-corrected chi connectivity index (χ0v) is 9.88. The number of nitrogens with two attached hydrogens (primary N) is 2. The second-order valence-corrected chi connectivity index (χ2v) is 3.15. The van der Waals surface area contributed by atoms with E-state index in [1.807, 2.05) is 5.32 Å². The van der Waals surface area contributed by atoms with Gasteiger partial charge in [0.05, 0.1) is 0 Å². The summed E-state index contributed by atoms with van der Waals surface area (Å²) >= 11 is 0. The average Bonchev–Trinajstić information content (AvgIpc) is 2.23. The topological polar surface area (TPSA) is 173 Å². The number of hydrogen-bond acceptors (Lipinski definition) is 4. The van der Waals surface area contributed by atoms with Crippen molar-refractivity contribution in [1.29, 1.82) is 0 Å². The number of hydrogen-bond donors (Lipinski definition) is 5. The molecule has 0 aliphatic rings. The van der Waals surface area contributed by atoms with Gasteiger partial charge >= 0.3 is 18.0 Å². The van der Waals surface area contributed by atoms with Crippen molar-refractivity contribution in [2.45, 2.75) is 32.2 Å². The Kier molecular flexibility index (Phi) is 9.91. The summed E-state index contributed by atoms with van der Waals surface area (Å²) in [5.74, 6) is -2.68. The normalized spacial score (nSPS) is 10.5. The number of rotatable bonds is 6. The van der Waals surface area contributed by atoms with Crippen LogP contribution < -0.4 is 16.8 Å². The summed E-state index contributed by atoms with van der Waals surface area (Å²) in [7, 11) is 0. The molecule has 0 saturated carbocycles. The number of primary amides is 2. The van der Waals surface area contributed by atoms with Gasteiger partial charge in [0, 0.05) is 12.8 Å². The van der Waals surface area contributed by atoms with E-state index in [-0.39, 0.29) is 18.7 Å². The van der Waals surface area contributed by atoms with Crippen molar-refractivity contribution in [3.63, 3.8) is 0 Å². The predicted molar refractivity (Wildman–Crippen MR) is 60.5 cm³/mol. The van der Waals surface area contributed by atoms with Crippen molar-refractivity contribution in [1.82, 2.24) is 5.32 Å². The summed E-state index contributed by atoms with van der Waals surface area (Å²) in [6.45, 7) is 1.72. The lowest BCUT2D eigenvalue weighted by Crippen LogP contribution is -2.43.